The summed E-state index contributed by atoms with van der Waals surface area (Å²) in [6.07, 6.45) is 33.1. The molecule has 394 valence electrons. The number of nitrogens with one attached hydrogen (secondary N) is 1. The number of aliphatic hydroxyl groups excluding tert-OH is 8. The molecule has 0 spiro atoms. The number of hydrogen-bond acceptors (Lipinski definition) is 13. The van der Waals surface area contributed by atoms with E-state index in [1.807, 2.05) is 19.1 Å². The molecule has 0 aromatic carbocycles. The minimum atomic E-state index is -1.79. The fraction of sp³-hybridized carbons (Fsp3) is 0.796. The first-order valence-corrected chi connectivity index (χ1v) is 26.5. The van der Waals surface area contributed by atoms with Gasteiger partial charge < -0.3 is 65.1 Å². The van der Waals surface area contributed by atoms with Gasteiger partial charge >= 0.3 is 0 Å². The Hall–Kier alpha value is -2.31. The molecule has 0 aliphatic carbocycles. The third-order valence-corrected chi connectivity index (χ3v) is 12.7. The van der Waals surface area contributed by atoms with Crippen molar-refractivity contribution < 1.29 is 64.6 Å². The van der Waals surface area contributed by atoms with E-state index in [9.17, 15) is 45.6 Å². The van der Waals surface area contributed by atoms with Gasteiger partial charge in [-0.05, 0) is 71.1 Å². The molecule has 2 heterocycles. The maximum Gasteiger partial charge on any atom is 0.220 e. The number of allylic oxidation sites excluding steroid dienone is 9. The SMILES string of the molecule is C/C=C/CC/C=C/CC/C=C/C(O)C(COC1OC(CO)C(OC2OC(CO)C(O)C(O)C2O)C(O)C1O)NC(=O)CCCCCCCCCCCCCCC/C=C\C/C=C\CCCCCCC. The van der Waals surface area contributed by atoms with Crippen molar-refractivity contribution >= 4 is 5.91 Å². The van der Waals surface area contributed by atoms with Crippen molar-refractivity contribution in [2.75, 3.05) is 19.8 Å². The lowest BCUT2D eigenvalue weighted by Gasteiger charge is -2.46. The summed E-state index contributed by atoms with van der Waals surface area (Å²) in [5.74, 6) is -0.260. The van der Waals surface area contributed by atoms with Crippen LogP contribution in [0.5, 0.6) is 0 Å². The van der Waals surface area contributed by atoms with Crippen molar-refractivity contribution in [3.63, 3.8) is 0 Å². The van der Waals surface area contributed by atoms with Crippen molar-refractivity contribution in [2.45, 2.75) is 254 Å². The molecular formula is C54H95NO13. The zero-order chi connectivity index (χ0) is 49.6. The Morgan fingerprint density at radius 2 is 1.04 bits per heavy atom. The molecule has 0 aromatic rings. The lowest BCUT2D eigenvalue weighted by atomic mass is 9.97. The largest absolute Gasteiger partial charge is 0.394 e. The lowest BCUT2D eigenvalue weighted by Crippen LogP contribution is -2.65. The van der Waals surface area contributed by atoms with Gasteiger partial charge in [-0.2, -0.15) is 0 Å². The van der Waals surface area contributed by atoms with Gasteiger partial charge in [0, 0.05) is 6.42 Å². The van der Waals surface area contributed by atoms with Crippen molar-refractivity contribution in [1.82, 2.24) is 5.32 Å². The van der Waals surface area contributed by atoms with Crippen molar-refractivity contribution in [1.29, 1.82) is 0 Å². The van der Waals surface area contributed by atoms with Crippen LogP contribution in [0.4, 0.5) is 0 Å². The third kappa shape index (κ3) is 26.8. The summed E-state index contributed by atoms with van der Waals surface area (Å²) in [7, 11) is 0. The second kappa shape index (κ2) is 40.3. The van der Waals surface area contributed by atoms with E-state index in [1.165, 1.54) is 103 Å². The number of amides is 1. The number of unbranched alkanes of at least 4 members (excludes halogenated alkanes) is 20. The van der Waals surface area contributed by atoms with E-state index < -0.39 is 86.8 Å². The first-order chi connectivity index (χ1) is 33.1. The zero-order valence-electron chi connectivity index (χ0n) is 41.8. The second-order valence-electron chi connectivity index (χ2n) is 18.6. The third-order valence-electron chi connectivity index (χ3n) is 12.7. The summed E-state index contributed by atoms with van der Waals surface area (Å²) in [5, 5.41) is 86.5. The molecule has 0 saturated carbocycles. The molecule has 14 nitrogen and oxygen atoms in total. The Balaban J connectivity index is 1.72. The highest BCUT2D eigenvalue weighted by Gasteiger charge is 2.51. The predicted molar refractivity (Wildman–Crippen MR) is 267 cm³/mol. The Morgan fingerprint density at radius 1 is 0.559 bits per heavy atom. The second-order valence-corrected chi connectivity index (χ2v) is 18.6. The van der Waals surface area contributed by atoms with Crippen LogP contribution in [0.15, 0.2) is 60.8 Å². The maximum absolute atomic E-state index is 13.2. The van der Waals surface area contributed by atoms with Crippen LogP contribution < -0.4 is 5.32 Å². The lowest BCUT2D eigenvalue weighted by molar-refractivity contribution is -0.359. The average molecular weight is 966 g/mol. The molecule has 2 rings (SSSR count). The van der Waals surface area contributed by atoms with Crippen LogP contribution in [0, 0.1) is 0 Å². The van der Waals surface area contributed by atoms with E-state index in [-0.39, 0.29) is 18.9 Å². The first kappa shape index (κ1) is 61.8. The number of ether oxygens (including phenoxy) is 4. The van der Waals surface area contributed by atoms with E-state index in [2.05, 4.69) is 54.8 Å². The summed E-state index contributed by atoms with van der Waals surface area (Å²) in [6, 6.07) is -0.937. The highest BCUT2D eigenvalue weighted by molar-refractivity contribution is 5.76. The molecule has 12 atom stereocenters. The molecule has 2 aliphatic heterocycles. The molecule has 1 amide bonds. The van der Waals surface area contributed by atoms with Gasteiger partial charge in [0.25, 0.3) is 0 Å². The van der Waals surface area contributed by atoms with Gasteiger partial charge in [0.15, 0.2) is 12.6 Å². The van der Waals surface area contributed by atoms with Crippen LogP contribution >= 0.6 is 0 Å². The molecule has 2 fully saturated rings. The molecule has 68 heavy (non-hydrogen) atoms. The van der Waals surface area contributed by atoms with Crippen LogP contribution in [-0.4, -0.2) is 140 Å². The number of aliphatic hydroxyl groups is 8. The number of carbonyl (C=O) groups excluding carboxylic acids is 1. The summed E-state index contributed by atoms with van der Waals surface area (Å²) in [4.78, 5) is 13.2. The number of hydrogen-bond donors (Lipinski definition) is 9. The molecule has 2 saturated heterocycles. The monoisotopic (exact) mass is 966 g/mol. The summed E-state index contributed by atoms with van der Waals surface area (Å²) >= 11 is 0. The average Bonchev–Trinajstić information content (AvgIpc) is 3.34. The Morgan fingerprint density at radius 3 is 1.60 bits per heavy atom. The molecular weight excluding hydrogens is 871 g/mol. The van der Waals surface area contributed by atoms with Crippen LogP contribution in [0.1, 0.15) is 181 Å². The fourth-order valence-electron chi connectivity index (χ4n) is 8.42. The van der Waals surface area contributed by atoms with Crippen LogP contribution in [-0.2, 0) is 23.7 Å². The summed E-state index contributed by atoms with van der Waals surface area (Å²) in [6.45, 7) is 2.50. The highest BCUT2D eigenvalue weighted by Crippen LogP contribution is 2.30. The van der Waals surface area contributed by atoms with Gasteiger partial charge in [0.1, 0.15) is 48.8 Å². The Bertz CT molecular complexity index is 1370. The van der Waals surface area contributed by atoms with Gasteiger partial charge in [-0.15, -0.1) is 0 Å². The van der Waals surface area contributed by atoms with Crippen molar-refractivity contribution in [2.24, 2.45) is 0 Å². The van der Waals surface area contributed by atoms with Gasteiger partial charge in [-0.25, -0.2) is 0 Å². The van der Waals surface area contributed by atoms with E-state index >= 15 is 0 Å². The topological polar surface area (TPSA) is 228 Å². The first-order valence-electron chi connectivity index (χ1n) is 26.5. The molecule has 14 heteroatoms. The molecule has 2 aliphatic rings. The van der Waals surface area contributed by atoms with Crippen LogP contribution in [0.3, 0.4) is 0 Å². The van der Waals surface area contributed by atoms with E-state index in [4.69, 9.17) is 18.9 Å². The van der Waals surface area contributed by atoms with Gasteiger partial charge in [-0.3, -0.25) is 4.79 Å². The Kier molecular flexibility index (Phi) is 36.6. The van der Waals surface area contributed by atoms with Gasteiger partial charge in [-0.1, -0.05) is 164 Å². The number of carbonyl (C=O) groups is 1. The standard InChI is InChI=1S/C54H95NO13/c1-3-5-7-9-11-13-14-15-16-17-18-19-20-21-22-23-24-25-26-27-28-30-32-34-36-38-46(59)55-42(43(58)37-35-33-31-29-12-10-8-6-4-2)41-65-53-51(64)49(62)52(45(40-57)67-53)68-54-50(63)48(61)47(60)44(39-56)66-54/h4,6,12,14-15,17-18,29,35,37,42-45,47-54,56-58,60-64H,3,5,7-11,13,16,19-28,30-34,36,38-41H2,1-2H3,(H,55,59)/b6-4+,15-14-,18-17-,29-12+,37-35+. The molecule has 0 aromatic heterocycles. The highest BCUT2D eigenvalue weighted by atomic mass is 16.7. The summed E-state index contributed by atoms with van der Waals surface area (Å²) < 4.78 is 22.6. The predicted octanol–water partition coefficient (Wildman–Crippen LogP) is 7.44. The summed E-state index contributed by atoms with van der Waals surface area (Å²) in [5.41, 5.74) is 0. The smallest absolute Gasteiger partial charge is 0.220 e. The maximum atomic E-state index is 13.2. The quantitative estimate of drug-likeness (QED) is 0.0215. The van der Waals surface area contributed by atoms with E-state index in [1.54, 1.807) is 6.08 Å². The van der Waals surface area contributed by atoms with Crippen LogP contribution in [0.2, 0.25) is 0 Å². The normalized spacial score (nSPS) is 26.9. The van der Waals surface area contributed by atoms with E-state index in [0.717, 1.165) is 44.9 Å². The molecule has 9 N–H and O–H groups in total. The number of rotatable bonds is 40. The van der Waals surface area contributed by atoms with Gasteiger partial charge in [0.2, 0.25) is 5.91 Å². The molecule has 12 unspecified atom stereocenters. The van der Waals surface area contributed by atoms with Crippen molar-refractivity contribution in [3.8, 4) is 0 Å². The Labute approximate surface area is 409 Å². The minimum absolute atomic E-state index is 0.260. The van der Waals surface area contributed by atoms with E-state index in [0.29, 0.717) is 12.8 Å². The molecule has 0 bridgehead atoms. The minimum Gasteiger partial charge on any atom is -0.394 e. The van der Waals surface area contributed by atoms with Crippen LogP contribution in [0.25, 0.3) is 0 Å². The van der Waals surface area contributed by atoms with Crippen molar-refractivity contribution in [3.05, 3.63) is 60.8 Å². The zero-order valence-corrected chi connectivity index (χ0v) is 41.8. The van der Waals surface area contributed by atoms with Gasteiger partial charge in [0.05, 0.1) is 32.0 Å². The fourth-order valence-corrected chi connectivity index (χ4v) is 8.42. The molecule has 0 radical (unpaired) electrons.